The van der Waals surface area contributed by atoms with Gasteiger partial charge in [0.15, 0.2) is 5.78 Å². The van der Waals surface area contributed by atoms with Crippen molar-refractivity contribution in [2.75, 3.05) is 0 Å². The van der Waals surface area contributed by atoms with E-state index in [1.54, 1.807) is 18.2 Å². The Labute approximate surface area is 132 Å². The van der Waals surface area contributed by atoms with Gasteiger partial charge < -0.3 is 5.11 Å². The van der Waals surface area contributed by atoms with E-state index in [1.807, 2.05) is 24.3 Å². The minimum Gasteiger partial charge on any atom is -0.508 e. The second-order valence-corrected chi connectivity index (χ2v) is 6.79. The Morgan fingerprint density at radius 1 is 0.955 bits per heavy atom. The predicted octanol–water partition coefficient (Wildman–Crippen LogP) is 4.69. The molecular formula is C19H16O2S. The highest BCUT2D eigenvalue weighted by Crippen LogP contribution is 2.43. The average Bonchev–Trinajstić information content (AvgIpc) is 3.08. The van der Waals surface area contributed by atoms with Gasteiger partial charge in [0, 0.05) is 10.5 Å². The predicted molar refractivity (Wildman–Crippen MR) is 93.4 cm³/mol. The lowest BCUT2D eigenvalue weighted by atomic mass is 10.1. The molecule has 1 aliphatic rings. The number of aromatic hydroxyl groups is 1. The van der Waals surface area contributed by atoms with E-state index in [-0.39, 0.29) is 11.5 Å². The molecule has 2 aromatic carbocycles. The Morgan fingerprint density at radius 2 is 1.64 bits per heavy atom. The summed E-state index contributed by atoms with van der Waals surface area (Å²) in [7, 11) is -0.407. The smallest absolute Gasteiger partial charge is 0.185 e. The highest BCUT2D eigenvalue weighted by Gasteiger charge is 2.07. The fourth-order valence-electron chi connectivity index (χ4n) is 2.25. The molecule has 0 spiro atoms. The lowest BCUT2D eigenvalue weighted by Gasteiger charge is -2.13. The molecule has 0 saturated heterocycles. The van der Waals surface area contributed by atoms with Crippen molar-refractivity contribution >= 4 is 22.8 Å². The average molecular weight is 308 g/mol. The summed E-state index contributed by atoms with van der Waals surface area (Å²) in [5, 5.41) is 13.7. The van der Waals surface area contributed by atoms with Crippen LogP contribution >= 0.6 is 10.9 Å². The number of carbonyl (C=O) groups excluding carboxylic acids is 1. The minimum atomic E-state index is -0.407. The van der Waals surface area contributed by atoms with Gasteiger partial charge in [-0.2, -0.15) is 10.9 Å². The van der Waals surface area contributed by atoms with Crippen LogP contribution in [0.15, 0.2) is 82.5 Å². The zero-order chi connectivity index (χ0) is 15.4. The number of phenolic OH excluding ortho intramolecular Hbond substituents is 1. The van der Waals surface area contributed by atoms with E-state index in [0.29, 0.717) is 5.56 Å². The summed E-state index contributed by atoms with van der Waals surface area (Å²) in [6.45, 7) is 0. The molecule has 1 aliphatic heterocycles. The fourth-order valence-corrected chi connectivity index (χ4v) is 3.94. The molecule has 3 rings (SSSR count). The third-order valence-electron chi connectivity index (χ3n) is 3.39. The number of hydrogen-bond donors (Lipinski definition) is 2. The lowest BCUT2D eigenvalue weighted by molar-refractivity contribution is 0.104. The SMILES string of the molecule is O=C(C=Cc1ccccc1[SH]1C=CC=C1)c1ccc(O)cc1. The van der Waals surface area contributed by atoms with E-state index >= 15 is 0 Å². The van der Waals surface area contributed by atoms with Gasteiger partial charge in [-0.05, 0) is 52.8 Å². The maximum atomic E-state index is 12.2. The second-order valence-electron chi connectivity index (χ2n) is 4.89. The number of allylic oxidation sites excluding steroid dienone is 3. The zero-order valence-corrected chi connectivity index (χ0v) is 12.8. The molecular weight excluding hydrogens is 292 g/mol. The van der Waals surface area contributed by atoms with Gasteiger partial charge >= 0.3 is 0 Å². The summed E-state index contributed by atoms with van der Waals surface area (Å²) < 4.78 is 0. The van der Waals surface area contributed by atoms with Gasteiger partial charge in [-0.1, -0.05) is 36.4 Å². The fraction of sp³-hybridized carbons (Fsp3) is 0. The molecule has 0 aromatic heterocycles. The Kier molecular flexibility index (Phi) is 4.26. The zero-order valence-electron chi connectivity index (χ0n) is 11.9. The number of rotatable bonds is 4. The molecule has 110 valence electrons. The first-order chi connectivity index (χ1) is 10.7. The minimum absolute atomic E-state index is 0.0694. The molecule has 0 atom stereocenters. The number of carbonyl (C=O) groups is 1. The van der Waals surface area contributed by atoms with E-state index in [1.165, 1.54) is 17.0 Å². The van der Waals surface area contributed by atoms with Crippen LogP contribution in [0.4, 0.5) is 0 Å². The molecule has 0 unspecified atom stereocenters. The van der Waals surface area contributed by atoms with E-state index < -0.39 is 10.9 Å². The van der Waals surface area contributed by atoms with Gasteiger partial charge in [-0.25, -0.2) is 0 Å². The van der Waals surface area contributed by atoms with E-state index in [2.05, 4.69) is 29.0 Å². The maximum absolute atomic E-state index is 12.2. The van der Waals surface area contributed by atoms with Crippen LogP contribution in [0.25, 0.3) is 6.08 Å². The largest absolute Gasteiger partial charge is 0.508 e. The third kappa shape index (κ3) is 3.21. The van der Waals surface area contributed by atoms with Crippen molar-refractivity contribution in [1.29, 1.82) is 0 Å². The van der Waals surface area contributed by atoms with Crippen LogP contribution in [0.2, 0.25) is 0 Å². The standard InChI is InChI=1S/C19H16O2S/c20-17-10-7-15(8-11-17)18(21)12-9-16-5-1-2-6-19(16)22-13-3-4-14-22/h1-14,20,22H. The Balaban J connectivity index is 1.83. The number of phenols is 1. The number of thiol groups is 1. The van der Waals surface area contributed by atoms with Crippen LogP contribution in [0.1, 0.15) is 15.9 Å². The van der Waals surface area contributed by atoms with Gasteiger partial charge in [0.1, 0.15) is 5.75 Å². The first-order valence-corrected chi connectivity index (χ1v) is 8.46. The van der Waals surface area contributed by atoms with Gasteiger partial charge in [0.05, 0.1) is 0 Å². The molecule has 0 amide bonds. The molecule has 0 radical (unpaired) electrons. The second kappa shape index (κ2) is 6.50. The van der Waals surface area contributed by atoms with Crippen LogP contribution < -0.4 is 0 Å². The molecule has 2 aromatic rings. The highest BCUT2D eigenvalue weighted by atomic mass is 32.2. The van der Waals surface area contributed by atoms with Gasteiger partial charge in [0.2, 0.25) is 0 Å². The first-order valence-electron chi connectivity index (χ1n) is 6.98. The van der Waals surface area contributed by atoms with Gasteiger partial charge in [0.25, 0.3) is 0 Å². The summed E-state index contributed by atoms with van der Waals surface area (Å²) in [5.74, 6) is 0.0913. The molecule has 1 heterocycles. The third-order valence-corrected chi connectivity index (χ3v) is 5.34. The van der Waals surface area contributed by atoms with Crippen LogP contribution in [0.3, 0.4) is 0 Å². The summed E-state index contributed by atoms with van der Waals surface area (Å²) in [4.78, 5) is 13.4. The highest BCUT2D eigenvalue weighted by molar-refractivity contribution is 8.22. The summed E-state index contributed by atoms with van der Waals surface area (Å²) in [5.41, 5.74) is 1.63. The number of ketones is 1. The summed E-state index contributed by atoms with van der Waals surface area (Å²) in [6.07, 6.45) is 7.58. The van der Waals surface area contributed by atoms with Crippen LogP contribution in [-0.4, -0.2) is 10.9 Å². The quantitative estimate of drug-likeness (QED) is 0.488. The molecule has 1 N–H and O–H groups in total. The maximum Gasteiger partial charge on any atom is 0.185 e. The Morgan fingerprint density at radius 3 is 2.36 bits per heavy atom. The molecule has 0 bridgehead atoms. The molecule has 3 heteroatoms. The lowest BCUT2D eigenvalue weighted by Crippen LogP contribution is -1.93. The number of hydrogen-bond acceptors (Lipinski definition) is 2. The van der Waals surface area contributed by atoms with E-state index in [9.17, 15) is 9.90 Å². The molecule has 0 saturated carbocycles. The van der Waals surface area contributed by atoms with Crippen LogP contribution in [0, 0.1) is 0 Å². The van der Waals surface area contributed by atoms with Gasteiger partial charge in [-0.15, -0.1) is 0 Å². The van der Waals surface area contributed by atoms with E-state index in [4.69, 9.17) is 0 Å². The van der Waals surface area contributed by atoms with Gasteiger partial charge in [-0.3, -0.25) is 4.79 Å². The van der Waals surface area contributed by atoms with Crippen molar-refractivity contribution in [2.24, 2.45) is 0 Å². The van der Waals surface area contributed by atoms with Crippen molar-refractivity contribution in [3.63, 3.8) is 0 Å². The van der Waals surface area contributed by atoms with E-state index in [0.717, 1.165) is 5.56 Å². The van der Waals surface area contributed by atoms with Crippen LogP contribution in [0.5, 0.6) is 5.75 Å². The normalized spacial score (nSPS) is 14.8. The summed E-state index contributed by atoms with van der Waals surface area (Å²) >= 11 is 0. The molecule has 22 heavy (non-hydrogen) atoms. The topological polar surface area (TPSA) is 37.3 Å². The van der Waals surface area contributed by atoms with Crippen molar-refractivity contribution in [1.82, 2.24) is 0 Å². The summed E-state index contributed by atoms with van der Waals surface area (Å²) in [6, 6.07) is 14.4. The Hall–Kier alpha value is -2.52. The first kappa shape index (κ1) is 14.4. The molecule has 0 aliphatic carbocycles. The monoisotopic (exact) mass is 308 g/mol. The van der Waals surface area contributed by atoms with Crippen molar-refractivity contribution in [3.8, 4) is 5.75 Å². The van der Waals surface area contributed by atoms with Crippen LogP contribution in [-0.2, 0) is 0 Å². The van der Waals surface area contributed by atoms with Crippen molar-refractivity contribution in [2.45, 2.75) is 4.90 Å². The van der Waals surface area contributed by atoms with Crippen molar-refractivity contribution < 1.29 is 9.90 Å². The Bertz CT molecular complexity index is 758. The molecule has 2 nitrogen and oxygen atoms in total. The molecule has 0 fully saturated rings. The number of benzene rings is 2. The van der Waals surface area contributed by atoms with Crippen molar-refractivity contribution in [3.05, 3.63) is 88.7 Å².